The Labute approximate surface area is 218 Å². The van der Waals surface area contributed by atoms with E-state index >= 15 is 0 Å². The van der Waals surface area contributed by atoms with Gasteiger partial charge in [0.1, 0.15) is 6.17 Å². The second-order valence-electron chi connectivity index (χ2n) is 10.9. The van der Waals surface area contributed by atoms with Crippen molar-refractivity contribution in [3.8, 4) is 0 Å². The molecule has 0 bridgehead atoms. The Kier molecular flexibility index (Phi) is 9.48. The number of alkyl halides is 2. The van der Waals surface area contributed by atoms with Crippen LogP contribution in [0.15, 0.2) is 0 Å². The van der Waals surface area contributed by atoms with Gasteiger partial charge < -0.3 is 9.64 Å². The van der Waals surface area contributed by atoms with Gasteiger partial charge in [-0.3, -0.25) is 25.2 Å². The normalized spacial score (nSPS) is 35.0. The number of hydrogen-bond donors (Lipinski definition) is 3. The van der Waals surface area contributed by atoms with Crippen LogP contribution in [-0.4, -0.2) is 99.9 Å². The first-order valence-corrected chi connectivity index (χ1v) is 15.1. The number of nitrogens with zero attached hydrogens (tertiary/aromatic N) is 2. The molecule has 6 atom stereocenters. The summed E-state index contributed by atoms with van der Waals surface area (Å²) in [6.07, 6.45) is 2.02. The second kappa shape index (κ2) is 12.2. The third-order valence-corrected chi connectivity index (χ3v) is 9.78. The lowest BCUT2D eigenvalue weighted by Gasteiger charge is -2.37. The smallest absolute Gasteiger partial charge is 0.241 e. The van der Waals surface area contributed by atoms with Crippen molar-refractivity contribution in [1.82, 2.24) is 25.4 Å². The molecule has 3 N–H and O–H groups in total. The van der Waals surface area contributed by atoms with Gasteiger partial charge in [-0.25, -0.2) is 12.8 Å². The molecule has 36 heavy (non-hydrogen) atoms. The zero-order chi connectivity index (χ0) is 25.9. The summed E-state index contributed by atoms with van der Waals surface area (Å²) in [6, 6.07) is 0.119. The minimum atomic E-state index is -3.87. The van der Waals surface area contributed by atoms with Crippen molar-refractivity contribution in [1.29, 1.82) is 0 Å². The summed E-state index contributed by atoms with van der Waals surface area (Å²) in [5.74, 6) is -2.14. The van der Waals surface area contributed by atoms with E-state index in [1.807, 2.05) is 7.05 Å². The van der Waals surface area contributed by atoms with E-state index in [-0.39, 0.29) is 35.5 Å². The Bertz CT molecular complexity index is 892. The summed E-state index contributed by atoms with van der Waals surface area (Å²) in [5.41, 5.74) is 2.24. The molecule has 0 aromatic carbocycles. The lowest BCUT2D eigenvalue weighted by atomic mass is 9.76. The van der Waals surface area contributed by atoms with Gasteiger partial charge in [0.25, 0.3) is 0 Å². The van der Waals surface area contributed by atoms with Gasteiger partial charge in [-0.1, -0.05) is 0 Å². The van der Waals surface area contributed by atoms with Gasteiger partial charge in [0, 0.05) is 51.5 Å². The first-order chi connectivity index (χ1) is 17.1. The van der Waals surface area contributed by atoms with Crippen LogP contribution in [0, 0.1) is 23.7 Å². The molecule has 3 aliphatic heterocycles. The highest BCUT2D eigenvalue weighted by Gasteiger charge is 2.44. The van der Waals surface area contributed by atoms with Crippen molar-refractivity contribution in [3.63, 3.8) is 0 Å². The summed E-state index contributed by atoms with van der Waals surface area (Å²) < 4.78 is 45.7. The fourth-order valence-corrected chi connectivity index (χ4v) is 7.67. The average molecular weight is 552 g/mol. The number of hydrogen-bond acceptors (Lipinski definition) is 7. The standard InChI is InChI=1S/C23H39ClFN5O5S/c1-29-12-20(26-14-29)17-9-18(21(25)19(24)10-17)22(31)27-28-36(33,34)13-15-3-2-6-30(11-15)23(32)16-4-7-35-8-5-16/h15-21,26,28H,2-14H2,1H3,(H,27,31). The van der Waals surface area contributed by atoms with Crippen molar-refractivity contribution < 1.29 is 27.1 Å². The molecule has 0 aromatic rings. The van der Waals surface area contributed by atoms with Crippen LogP contribution in [-0.2, 0) is 24.3 Å². The summed E-state index contributed by atoms with van der Waals surface area (Å²) in [7, 11) is -1.89. The van der Waals surface area contributed by atoms with Crippen molar-refractivity contribution >= 4 is 33.4 Å². The van der Waals surface area contributed by atoms with Gasteiger partial charge in [-0.15, -0.1) is 16.4 Å². The Morgan fingerprint density at radius 1 is 1.17 bits per heavy atom. The minimum Gasteiger partial charge on any atom is -0.381 e. The van der Waals surface area contributed by atoms with E-state index in [9.17, 15) is 22.4 Å². The number of rotatable bonds is 7. The maximum atomic E-state index is 14.8. The molecule has 1 aliphatic carbocycles. The van der Waals surface area contributed by atoms with Crippen LogP contribution in [0.5, 0.6) is 0 Å². The molecule has 4 fully saturated rings. The van der Waals surface area contributed by atoms with Crippen LogP contribution in [0.3, 0.4) is 0 Å². The van der Waals surface area contributed by atoms with E-state index in [1.165, 1.54) is 0 Å². The summed E-state index contributed by atoms with van der Waals surface area (Å²) in [4.78, 5) is 31.7. The zero-order valence-corrected chi connectivity index (χ0v) is 22.4. The molecule has 3 saturated heterocycles. The highest BCUT2D eigenvalue weighted by atomic mass is 35.5. The molecule has 1 saturated carbocycles. The van der Waals surface area contributed by atoms with Crippen LogP contribution in [0.1, 0.15) is 38.5 Å². The molecule has 6 unspecified atom stereocenters. The number of carbonyl (C=O) groups excluding carboxylic acids is 2. The van der Waals surface area contributed by atoms with E-state index in [0.717, 1.165) is 19.6 Å². The summed E-state index contributed by atoms with van der Waals surface area (Å²) in [6.45, 7) is 3.67. The molecule has 3 heterocycles. The molecule has 10 nitrogen and oxygen atoms in total. The number of carbonyl (C=O) groups is 2. The monoisotopic (exact) mass is 551 g/mol. The lowest BCUT2D eigenvalue weighted by molar-refractivity contribution is -0.140. The average Bonchev–Trinajstić information content (AvgIpc) is 3.30. The summed E-state index contributed by atoms with van der Waals surface area (Å²) in [5, 5.41) is 2.57. The third kappa shape index (κ3) is 7.08. The SMILES string of the molecule is CN1CNC(C2CC(Cl)C(F)C(C(=O)NNS(=O)(=O)CC3CCCN(C(=O)C4CCOCC4)C3)C2)C1. The molecule has 0 spiro atoms. The van der Waals surface area contributed by atoms with E-state index in [4.69, 9.17) is 16.3 Å². The van der Waals surface area contributed by atoms with Gasteiger partial charge in [0.15, 0.2) is 0 Å². The van der Waals surface area contributed by atoms with Crippen molar-refractivity contribution in [2.45, 2.75) is 56.1 Å². The number of piperidine rings is 1. The Morgan fingerprint density at radius 2 is 1.92 bits per heavy atom. The molecular weight excluding hydrogens is 513 g/mol. The molecule has 206 valence electrons. The van der Waals surface area contributed by atoms with Gasteiger partial charge >= 0.3 is 0 Å². The van der Waals surface area contributed by atoms with Gasteiger partial charge in [0.05, 0.1) is 17.0 Å². The Hall–Kier alpha value is -1.05. The molecule has 13 heteroatoms. The molecular formula is C23H39ClFN5O5S. The van der Waals surface area contributed by atoms with E-state index in [0.29, 0.717) is 58.4 Å². The predicted octanol–water partition coefficient (Wildman–Crippen LogP) is 0.435. The van der Waals surface area contributed by atoms with Gasteiger partial charge in [-0.05, 0) is 57.4 Å². The predicted molar refractivity (Wildman–Crippen MR) is 133 cm³/mol. The van der Waals surface area contributed by atoms with Crippen molar-refractivity contribution in [3.05, 3.63) is 0 Å². The zero-order valence-electron chi connectivity index (χ0n) is 20.8. The van der Waals surface area contributed by atoms with Gasteiger partial charge in [0.2, 0.25) is 21.8 Å². The number of likely N-dealkylation sites (tertiary alicyclic amines) is 1. The van der Waals surface area contributed by atoms with E-state index < -0.39 is 33.4 Å². The highest BCUT2D eigenvalue weighted by Crippen LogP contribution is 2.37. The number of ether oxygens (including phenoxy) is 1. The largest absolute Gasteiger partial charge is 0.381 e. The lowest BCUT2D eigenvalue weighted by Crippen LogP contribution is -2.53. The van der Waals surface area contributed by atoms with Crippen LogP contribution < -0.4 is 15.6 Å². The maximum absolute atomic E-state index is 14.8. The fraction of sp³-hybridized carbons (Fsp3) is 0.913. The third-order valence-electron chi connectivity index (χ3n) is 8.04. The van der Waals surface area contributed by atoms with Crippen LogP contribution >= 0.6 is 11.6 Å². The quantitative estimate of drug-likeness (QED) is 0.310. The van der Waals surface area contributed by atoms with Crippen LogP contribution in [0.2, 0.25) is 0 Å². The molecule has 4 rings (SSSR count). The number of likely N-dealkylation sites (N-methyl/N-ethyl adjacent to an activating group) is 1. The van der Waals surface area contributed by atoms with Crippen molar-refractivity contribution in [2.75, 3.05) is 52.3 Å². The van der Waals surface area contributed by atoms with E-state index in [2.05, 4.69) is 20.5 Å². The summed E-state index contributed by atoms with van der Waals surface area (Å²) >= 11 is 6.26. The number of nitrogens with one attached hydrogen (secondary N) is 3. The molecule has 0 radical (unpaired) electrons. The second-order valence-corrected chi connectivity index (χ2v) is 13.2. The first-order valence-electron chi connectivity index (χ1n) is 13.0. The Morgan fingerprint density at radius 3 is 2.61 bits per heavy atom. The highest BCUT2D eigenvalue weighted by molar-refractivity contribution is 7.89. The number of sulfonamides is 1. The van der Waals surface area contributed by atoms with Crippen molar-refractivity contribution in [2.24, 2.45) is 23.7 Å². The van der Waals surface area contributed by atoms with Crippen LogP contribution in [0.4, 0.5) is 4.39 Å². The minimum absolute atomic E-state index is 0.0262. The number of halogens is 2. The van der Waals surface area contributed by atoms with Gasteiger partial charge in [-0.2, -0.15) is 0 Å². The molecule has 4 aliphatic rings. The van der Waals surface area contributed by atoms with Crippen LogP contribution in [0.25, 0.3) is 0 Å². The Balaban J connectivity index is 1.27. The number of amides is 2. The van der Waals surface area contributed by atoms with E-state index in [1.54, 1.807) is 4.90 Å². The molecule has 2 amide bonds. The topological polar surface area (TPSA) is 120 Å². The maximum Gasteiger partial charge on any atom is 0.241 e. The fourth-order valence-electron chi connectivity index (χ4n) is 6.03. The number of hydrazine groups is 1. The first kappa shape index (κ1) is 28.0. The molecule has 0 aromatic heterocycles.